The maximum Gasteiger partial charge on any atom is 0.472 e. The standard InChI is InChI=1S/C40H77O10P/c1-3-5-7-9-11-13-15-16-17-18-19-20-22-23-25-27-29-31-39(43)47-35-38(36-49-51(45,46)48-34-37(42)33-41)50-40(44)32-30-28-26-24-21-14-12-10-8-6-4-2/h13,15,37-38,41-42H,3-12,14,16-36H2,1-2H3,(H,45,46)/b15-13+/t37-,38+/m1/s1. The Labute approximate surface area is 311 Å². The minimum Gasteiger partial charge on any atom is -0.462 e. The predicted octanol–water partition coefficient (Wildman–Crippen LogP) is 10.4. The Balaban J connectivity index is 4.26. The summed E-state index contributed by atoms with van der Waals surface area (Å²) >= 11 is 0. The van der Waals surface area contributed by atoms with Crippen LogP contribution in [0.5, 0.6) is 0 Å². The maximum atomic E-state index is 12.5. The molecule has 0 bridgehead atoms. The lowest BCUT2D eigenvalue weighted by Crippen LogP contribution is -2.29. The smallest absolute Gasteiger partial charge is 0.462 e. The third kappa shape index (κ3) is 36.8. The maximum absolute atomic E-state index is 12.5. The normalized spacial score (nSPS) is 14.1. The second kappa shape index (κ2) is 37.0. The zero-order valence-corrected chi connectivity index (χ0v) is 33.5. The summed E-state index contributed by atoms with van der Waals surface area (Å²) in [5.74, 6) is -0.920. The molecule has 0 spiro atoms. The predicted molar refractivity (Wildman–Crippen MR) is 205 cm³/mol. The number of aliphatic hydroxyl groups is 2. The first-order valence-electron chi connectivity index (χ1n) is 20.6. The van der Waals surface area contributed by atoms with Gasteiger partial charge in [0.1, 0.15) is 12.7 Å². The molecule has 10 nitrogen and oxygen atoms in total. The highest BCUT2D eigenvalue weighted by Gasteiger charge is 2.27. The Morgan fingerprint density at radius 1 is 0.569 bits per heavy atom. The molecule has 0 rings (SSSR count). The Morgan fingerprint density at radius 2 is 0.961 bits per heavy atom. The van der Waals surface area contributed by atoms with Gasteiger partial charge in [-0.15, -0.1) is 0 Å². The third-order valence-electron chi connectivity index (χ3n) is 8.92. The highest BCUT2D eigenvalue weighted by Crippen LogP contribution is 2.43. The summed E-state index contributed by atoms with van der Waals surface area (Å²) in [4.78, 5) is 34.9. The van der Waals surface area contributed by atoms with E-state index in [9.17, 15) is 24.2 Å². The van der Waals surface area contributed by atoms with E-state index >= 15 is 0 Å². The van der Waals surface area contributed by atoms with Gasteiger partial charge < -0.3 is 24.6 Å². The van der Waals surface area contributed by atoms with Crippen LogP contribution in [0.2, 0.25) is 0 Å². The van der Waals surface area contributed by atoms with Crippen LogP contribution in [0.1, 0.15) is 194 Å². The van der Waals surface area contributed by atoms with E-state index in [-0.39, 0.29) is 19.4 Å². The number of phosphoric acid groups is 1. The Kier molecular flexibility index (Phi) is 36.1. The van der Waals surface area contributed by atoms with Crippen molar-refractivity contribution < 1.29 is 47.8 Å². The first-order chi connectivity index (χ1) is 24.7. The molecule has 11 heteroatoms. The van der Waals surface area contributed by atoms with Crippen LogP contribution in [-0.2, 0) is 32.7 Å². The number of hydrogen-bond donors (Lipinski definition) is 3. The lowest BCUT2D eigenvalue weighted by atomic mass is 10.1. The first kappa shape index (κ1) is 49.7. The Hall–Kier alpha value is -1.29. The van der Waals surface area contributed by atoms with Crippen molar-refractivity contribution in [1.29, 1.82) is 0 Å². The van der Waals surface area contributed by atoms with Gasteiger partial charge in [-0.1, -0.05) is 154 Å². The van der Waals surface area contributed by atoms with Gasteiger partial charge in [0.15, 0.2) is 6.10 Å². The van der Waals surface area contributed by atoms with E-state index in [1.807, 2.05) is 0 Å². The number of hydrogen-bond acceptors (Lipinski definition) is 9. The molecule has 0 saturated carbocycles. The number of aliphatic hydroxyl groups excluding tert-OH is 2. The highest BCUT2D eigenvalue weighted by molar-refractivity contribution is 7.47. The number of allylic oxidation sites excluding steroid dienone is 2. The fraction of sp³-hybridized carbons (Fsp3) is 0.900. The molecule has 0 aliphatic rings. The summed E-state index contributed by atoms with van der Waals surface area (Å²) in [7, 11) is -4.61. The van der Waals surface area contributed by atoms with Crippen molar-refractivity contribution in [2.45, 2.75) is 206 Å². The SMILES string of the molecule is CCCCCC/C=C/CCCCCCCCCCCC(=O)OC[C@@H](COP(=O)(O)OC[C@H](O)CO)OC(=O)CCCCCCCCCCCCC. The van der Waals surface area contributed by atoms with Crippen molar-refractivity contribution in [3.8, 4) is 0 Å². The van der Waals surface area contributed by atoms with E-state index in [4.69, 9.17) is 19.1 Å². The molecule has 0 aliphatic carbocycles. The van der Waals surface area contributed by atoms with Gasteiger partial charge in [-0.3, -0.25) is 18.6 Å². The second-order valence-electron chi connectivity index (χ2n) is 14.0. The number of esters is 2. The average molecular weight is 749 g/mol. The molecule has 0 aliphatic heterocycles. The van der Waals surface area contributed by atoms with Crippen LogP contribution in [0.3, 0.4) is 0 Å². The lowest BCUT2D eigenvalue weighted by Gasteiger charge is -2.20. The molecule has 0 amide bonds. The number of phosphoric ester groups is 1. The number of carbonyl (C=O) groups is 2. The van der Waals surface area contributed by atoms with Crippen molar-refractivity contribution in [3.05, 3.63) is 12.2 Å². The molecule has 3 atom stereocenters. The van der Waals surface area contributed by atoms with Crippen LogP contribution < -0.4 is 0 Å². The summed E-state index contributed by atoms with van der Waals surface area (Å²) in [6.07, 6.45) is 33.2. The van der Waals surface area contributed by atoms with Crippen LogP contribution in [0.4, 0.5) is 0 Å². The zero-order valence-electron chi connectivity index (χ0n) is 32.6. The molecule has 0 saturated heterocycles. The largest absolute Gasteiger partial charge is 0.472 e. The summed E-state index contributed by atoms with van der Waals surface area (Å²) in [6.45, 7) is 2.37. The third-order valence-corrected chi connectivity index (χ3v) is 9.87. The molecular formula is C40H77O10P. The lowest BCUT2D eigenvalue weighted by molar-refractivity contribution is -0.161. The number of ether oxygens (including phenoxy) is 2. The van der Waals surface area contributed by atoms with E-state index < -0.39 is 51.8 Å². The molecule has 51 heavy (non-hydrogen) atoms. The Bertz CT molecular complexity index is 868. The van der Waals surface area contributed by atoms with Gasteiger partial charge in [-0.25, -0.2) is 4.57 Å². The molecule has 0 fully saturated rings. The second-order valence-corrected chi connectivity index (χ2v) is 15.5. The van der Waals surface area contributed by atoms with Crippen molar-refractivity contribution in [2.75, 3.05) is 26.4 Å². The molecule has 0 aromatic heterocycles. The molecule has 0 aromatic carbocycles. The number of carbonyl (C=O) groups excluding carboxylic acids is 2. The minimum absolute atomic E-state index is 0.189. The van der Waals surface area contributed by atoms with Crippen LogP contribution in [0, 0.1) is 0 Å². The zero-order chi connectivity index (χ0) is 37.7. The van der Waals surface area contributed by atoms with Crippen LogP contribution in [-0.4, -0.2) is 65.7 Å². The van der Waals surface area contributed by atoms with Gasteiger partial charge in [0.2, 0.25) is 0 Å². The highest BCUT2D eigenvalue weighted by atomic mass is 31.2. The molecule has 1 unspecified atom stereocenters. The number of unbranched alkanes of at least 4 members (excludes halogenated alkanes) is 23. The van der Waals surface area contributed by atoms with Crippen molar-refractivity contribution in [1.82, 2.24) is 0 Å². The summed E-state index contributed by atoms with van der Waals surface area (Å²) < 4.78 is 32.6. The monoisotopic (exact) mass is 749 g/mol. The minimum atomic E-state index is -4.61. The summed E-state index contributed by atoms with van der Waals surface area (Å²) in [5.41, 5.74) is 0. The molecule has 0 aromatic rings. The molecule has 0 radical (unpaired) electrons. The van der Waals surface area contributed by atoms with E-state index in [1.165, 1.54) is 116 Å². The van der Waals surface area contributed by atoms with Crippen LogP contribution in [0.25, 0.3) is 0 Å². The fourth-order valence-corrected chi connectivity index (χ4v) is 6.48. The molecular weight excluding hydrogens is 671 g/mol. The van der Waals surface area contributed by atoms with E-state index in [0.717, 1.165) is 38.5 Å². The molecule has 0 heterocycles. The summed E-state index contributed by atoms with van der Waals surface area (Å²) in [5, 5.41) is 18.3. The van der Waals surface area contributed by atoms with Gasteiger partial charge in [0.05, 0.1) is 19.8 Å². The van der Waals surface area contributed by atoms with Crippen molar-refractivity contribution >= 4 is 19.8 Å². The van der Waals surface area contributed by atoms with Gasteiger partial charge in [-0.05, 0) is 38.5 Å². The molecule has 3 N–H and O–H groups in total. The summed E-state index contributed by atoms with van der Waals surface area (Å²) in [6, 6.07) is 0. The van der Waals surface area contributed by atoms with Crippen molar-refractivity contribution in [2.24, 2.45) is 0 Å². The molecule has 302 valence electrons. The van der Waals surface area contributed by atoms with Gasteiger partial charge in [0, 0.05) is 12.8 Å². The van der Waals surface area contributed by atoms with Gasteiger partial charge in [-0.2, -0.15) is 0 Å². The van der Waals surface area contributed by atoms with Gasteiger partial charge >= 0.3 is 19.8 Å². The van der Waals surface area contributed by atoms with Crippen LogP contribution in [0.15, 0.2) is 12.2 Å². The first-order valence-corrected chi connectivity index (χ1v) is 22.1. The quantitative estimate of drug-likeness (QED) is 0.0240. The topological polar surface area (TPSA) is 149 Å². The fourth-order valence-electron chi connectivity index (χ4n) is 5.69. The van der Waals surface area contributed by atoms with E-state index in [1.54, 1.807) is 0 Å². The Morgan fingerprint density at radius 3 is 1.43 bits per heavy atom. The van der Waals surface area contributed by atoms with E-state index in [2.05, 4.69) is 30.5 Å². The number of rotatable bonds is 39. The van der Waals surface area contributed by atoms with Crippen molar-refractivity contribution in [3.63, 3.8) is 0 Å². The van der Waals surface area contributed by atoms with Crippen LogP contribution >= 0.6 is 7.82 Å². The van der Waals surface area contributed by atoms with Gasteiger partial charge in [0.25, 0.3) is 0 Å². The van der Waals surface area contributed by atoms with E-state index in [0.29, 0.717) is 12.8 Å². The average Bonchev–Trinajstić information content (AvgIpc) is 3.12.